The van der Waals surface area contributed by atoms with Crippen molar-refractivity contribution in [2.24, 2.45) is 5.92 Å². The number of amides is 1. The van der Waals surface area contributed by atoms with Crippen LogP contribution in [-0.4, -0.2) is 23.1 Å². The minimum atomic E-state index is 0.0135. The summed E-state index contributed by atoms with van der Waals surface area (Å²) in [7, 11) is 0. The van der Waals surface area contributed by atoms with Gasteiger partial charge in [-0.3, -0.25) is 4.79 Å². The Morgan fingerprint density at radius 1 is 1.45 bits per heavy atom. The highest BCUT2D eigenvalue weighted by atomic mass is 16.5. The summed E-state index contributed by atoms with van der Waals surface area (Å²) in [6, 6.07) is 7.99. The number of carbonyl (C=O) groups excluding carboxylic acids is 1. The van der Waals surface area contributed by atoms with Crippen molar-refractivity contribution in [3.63, 3.8) is 0 Å². The number of hydrogen-bond donors (Lipinski definition) is 1. The topological polar surface area (TPSA) is 43.3 Å². The molecule has 22 heavy (non-hydrogen) atoms. The summed E-state index contributed by atoms with van der Waals surface area (Å²) >= 11 is 0. The smallest absolute Gasteiger partial charge is 0.267 e. The molecular formula is C18H24N2O2. The predicted molar refractivity (Wildman–Crippen MR) is 88.4 cm³/mol. The highest BCUT2D eigenvalue weighted by Gasteiger charge is 2.25. The van der Waals surface area contributed by atoms with Crippen LogP contribution >= 0.6 is 0 Å². The van der Waals surface area contributed by atoms with Crippen LogP contribution in [0.3, 0.4) is 0 Å². The number of nitrogens with one attached hydrogen (secondary N) is 1. The molecule has 2 aromatic rings. The Hall–Kier alpha value is -1.97. The molecule has 0 fully saturated rings. The van der Waals surface area contributed by atoms with Crippen LogP contribution in [0.1, 0.15) is 44.1 Å². The average Bonchev–Trinajstić information content (AvgIpc) is 2.87. The summed E-state index contributed by atoms with van der Waals surface area (Å²) in [6.07, 6.45) is 2.06. The molecule has 1 unspecified atom stereocenters. The first-order chi connectivity index (χ1) is 10.6. The molecule has 1 N–H and O–H groups in total. The average molecular weight is 300 g/mol. The van der Waals surface area contributed by atoms with Crippen molar-refractivity contribution >= 4 is 16.8 Å². The molecule has 1 aromatic heterocycles. The van der Waals surface area contributed by atoms with Gasteiger partial charge in [0.1, 0.15) is 17.5 Å². The number of benzene rings is 1. The van der Waals surface area contributed by atoms with Gasteiger partial charge in [0, 0.05) is 11.9 Å². The summed E-state index contributed by atoms with van der Waals surface area (Å²) in [4.78, 5) is 12.5. The second kappa shape index (κ2) is 6.03. The number of nitrogens with zero attached hydrogens (tertiary/aromatic N) is 1. The summed E-state index contributed by atoms with van der Waals surface area (Å²) in [5.74, 6) is 1.49. The number of rotatable bonds is 5. The van der Waals surface area contributed by atoms with Gasteiger partial charge in [0.15, 0.2) is 0 Å². The van der Waals surface area contributed by atoms with Crippen LogP contribution in [0.15, 0.2) is 24.3 Å². The third kappa shape index (κ3) is 2.70. The SMILES string of the molecule is CCC1Cn2c(C(=O)NCCC(C)C)cc3cccc(c32)O1. The van der Waals surface area contributed by atoms with E-state index in [9.17, 15) is 4.79 Å². The number of carbonyl (C=O) groups is 1. The molecule has 0 saturated carbocycles. The fraction of sp³-hybridized carbons (Fsp3) is 0.500. The number of para-hydroxylation sites is 1. The zero-order valence-corrected chi connectivity index (χ0v) is 13.6. The Bertz CT molecular complexity index is 688. The van der Waals surface area contributed by atoms with Gasteiger partial charge in [-0.05, 0) is 30.9 Å². The van der Waals surface area contributed by atoms with E-state index >= 15 is 0 Å². The van der Waals surface area contributed by atoms with E-state index in [0.717, 1.165) is 48.3 Å². The molecule has 0 aliphatic carbocycles. The maximum Gasteiger partial charge on any atom is 0.267 e. The summed E-state index contributed by atoms with van der Waals surface area (Å²) < 4.78 is 8.12. The van der Waals surface area contributed by atoms with Gasteiger partial charge in [0.2, 0.25) is 0 Å². The third-order valence-corrected chi connectivity index (χ3v) is 4.26. The van der Waals surface area contributed by atoms with Crippen LogP contribution < -0.4 is 10.1 Å². The summed E-state index contributed by atoms with van der Waals surface area (Å²) in [5.41, 5.74) is 1.79. The van der Waals surface area contributed by atoms with Gasteiger partial charge < -0.3 is 14.6 Å². The monoisotopic (exact) mass is 300 g/mol. The van der Waals surface area contributed by atoms with Crippen molar-refractivity contribution in [2.75, 3.05) is 6.54 Å². The Morgan fingerprint density at radius 3 is 3.00 bits per heavy atom. The predicted octanol–water partition coefficient (Wildman–Crippen LogP) is 3.59. The first kappa shape index (κ1) is 14.9. The van der Waals surface area contributed by atoms with E-state index in [1.807, 2.05) is 24.3 Å². The quantitative estimate of drug-likeness (QED) is 0.917. The summed E-state index contributed by atoms with van der Waals surface area (Å²) in [6.45, 7) is 7.90. The molecule has 1 aromatic carbocycles. The molecular weight excluding hydrogens is 276 g/mol. The third-order valence-electron chi connectivity index (χ3n) is 4.26. The lowest BCUT2D eigenvalue weighted by Gasteiger charge is -2.26. The van der Waals surface area contributed by atoms with Crippen molar-refractivity contribution in [1.82, 2.24) is 9.88 Å². The fourth-order valence-corrected chi connectivity index (χ4v) is 2.96. The van der Waals surface area contributed by atoms with E-state index in [0.29, 0.717) is 5.92 Å². The largest absolute Gasteiger partial charge is 0.486 e. The van der Waals surface area contributed by atoms with Crippen LogP contribution in [0.4, 0.5) is 0 Å². The van der Waals surface area contributed by atoms with Gasteiger partial charge in [-0.25, -0.2) is 0 Å². The number of hydrogen-bond acceptors (Lipinski definition) is 2. The van der Waals surface area contributed by atoms with E-state index < -0.39 is 0 Å². The number of ether oxygens (including phenoxy) is 1. The lowest BCUT2D eigenvalue weighted by molar-refractivity contribution is 0.0936. The van der Waals surface area contributed by atoms with Crippen molar-refractivity contribution in [2.45, 2.75) is 46.3 Å². The lowest BCUT2D eigenvalue weighted by Crippen LogP contribution is -2.32. The van der Waals surface area contributed by atoms with Crippen LogP contribution in [0.25, 0.3) is 10.9 Å². The molecule has 0 bridgehead atoms. The van der Waals surface area contributed by atoms with Crippen LogP contribution in [0, 0.1) is 5.92 Å². The Balaban J connectivity index is 1.91. The molecule has 1 atom stereocenters. The molecule has 0 saturated heterocycles. The Labute approximate surface area is 131 Å². The van der Waals surface area contributed by atoms with Crippen molar-refractivity contribution in [3.05, 3.63) is 30.0 Å². The van der Waals surface area contributed by atoms with E-state index in [1.165, 1.54) is 0 Å². The van der Waals surface area contributed by atoms with Crippen molar-refractivity contribution in [1.29, 1.82) is 0 Å². The van der Waals surface area contributed by atoms with Crippen LogP contribution in [0.2, 0.25) is 0 Å². The van der Waals surface area contributed by atoms with Gasteiger partial charge in [-0.15, -0.1) is 0 Å². The number of aromatic nitrogens is 1. The van der Waals surface area contributed by atoms with Crippen LogP contribution in [0.5, 0.6) is 5.75 Å². The maximum absolute atomic E-state index is 12.5. The standard InChI is InChI=1S/C18H24N2O2/c1-4-14-11-20-15(18(21)19-9-8-12(2)3)10-13-6-5-7-16(22-14)17(13)20/h5-7,10,12,14H,4,8-9,11H2,1-3H3,(H,19,21). The lowest BCUT2D eigenvalue weighted by atomic mass is 10.1. The molecule has 4 nitrogen and oxygen atoms in total. The first-order valence-corrected chi connectivity index (χ1v) is 8.17. The van der Waals surface area contributed by atoms with Gasteiger partial charge in [0.25, 0.3) is 5.91 Å². The molecule has 3 rings (SSSR count). The summed E-state index contributed by atoms with van der Waals surface area (Å²) in [5, 5.41) is 4.11. The van der Waals surface area contributed by atoms with E-state index in [-0.39, 0.29) is 12.0 Å². The Kier molecular flexibility index (Phi) is 4.10. The zero-order chi connectivity index (χ0) is 15.7. The highest BCUT2D eigenvalue weighted by Crippen LogP contribution is 2.34. The molecule has 0 spiro atoms. The van der Waals surface area contributed by atoms with Crippen molar-refractivity contribution < 1.29 is 9.53 Å². The van der Waals surface area contributed by atoms with E-state index in [4.69, 9.17) is 4.74 Å². The van der Waals surface area contributed by atoms with Gasteiger partial charge >= 0.3 is 0 Å². The zero-order valence-electron chi connectivity index (χ0n) is 13.6. The highest BCUT2D eigenvalue weighted by molar-refractivity contribution is 6.00. The maximum atomic E-state index is 12.5. The molecule has 118 valence electrons. The molecule has 1 amide bonds. The van der Waals surface area contributed by atoms with Gasteiger partial charge in [-0.2, -0.15) is 0 Å². The first-order valence-electron chi connectivity index (χ1n) is 8.17. The van der Waals surface area contributed by atoms with Crippen LogP contribution in [-0.2, 0) is 6.54 Å². The minimum Gasteiger partial charge on any atom is -0.486 e. The van der Waals surface area contributed by atoms with E-state index in [1.54, 1.807) is 0 Å². The van der Waals surface area contributed by atoms with Crippen molar-refractivity contribution in [3.8, 4) is 5.75 Å². The molecule has 2 heterocycles. The second-order valence-electron chi connectivity index (χ2n) is 6.42. The fourth-order valence-electron chi connectivity index (χ4n) is 2.96. The van der Waals surface area contributed by atoms with Gasteiger partial charge in [-0.1, -0.05) is 32.9 Å². The van der Waals surface area contributed by atoms with E-state index in [2.05, 4.69) is 30.7 Å². The molecule has 1 aliphatic rings. The second-order valence-corrected chi connectivity index (χ2v) is 6.42. The normalized spacial score (nSPS) is 16.8. The minimum absolute atomic E-state index is 0.0135. The molecule has 4 heteroatoms. The molecule has 0 radical (unpaired) electrons. The van der Waals surface area contributed by atoms with Gasteiger partial charge in [0.05, 0.1) is 12.1 Å². The Morgan fingerprint density at radius 2 is 2.27 bits per heavy atom. The molecule has 1 aliphatic heterocycles.